The van der Waals surface area contributed by atoms with Crippen LogP contribution >= 0.6 is 0 Å². The summed E-state index contributed by atoms with van der Waals surface area (Å²) in [5.74, 6) is 3.54. The molecule has 6 rings (SSSR count). The van der Waals surface area contributed by atoms with E-state index in [1.54, 1.807) is 19.4 Å². The predicted molar refractivity (Wildman–Crippen MR) is 104 cm³/mol. The maximum absolute atomic E-state index is 13.2. The molecule has 4 aliphatic carbocycles. The minimum absolute atomic E-state index is 0.00586. The van der Waals surface area contributed by atoms with Gasteiger partial charge < -0.3 is 14.4 Å². The SMILES string of the molecule is COc1nccc(OC2CCCN(C(=O)CC34CC5CC(CC(C5)C3)C4)C2)n1. The van der Waals surface area contributed by atoms with Crippen molar-refractivity contribution < 1.29 is 14.3 Å². The molecule has 1 unspecified atom stereocenters. The highest BCUT2D eigenvalue weighted by Gasteiger charge is 2.51. The summed E-state index contributed by atoms with van der Waals surface area (Å²) in [6.07, 6.45) is 12.5. The monoisotopic (exact) mass is 385 g/mol. The molecule has 6 nitrogen and oxygen atoms in total. The largest absolute Gasteiger partial charge is 0.472 e. The number of rotatable bonds is 5. The first-order valence-corrected chi connectivity index (χ1v) is 10.9. The average molecular weight is 386 g/mol. The van der Waals surface area contributed by atoms with Gasteiger partial charge in [-0.15, -0.1) is 0 Å². The number of carbonyl (C=O) groups excluding carboxylic acids is 1. The van der Waals surface area contributed by atoms with E-state index in [1.807, 2.05) is 4.90 Å². The maximum Gasteiger partial charge on any atom is 0.319 e. The van der Waals surface area contributed by atoms with E-state index < -0.39 is 0 Å². The first kappa shape index (κ1) is 18.2. The third-order valence-corrected chi connectivity index (χ3v) is 7.50. The number of carbonyl (C=O) groups is 1. The second-order valence-electron chi connectivity index (χ2n) is 9.70. The summed E-state index contributed by atoms with van der Waals surface area (Å²) >= 11 is 0. The molecule has 1 saturated heterocycles. The molecule has 1 aromatic heterocycles. The van der Waals surface area contributed by atoms with Crippen molar-refractivity contribution in [3.63, 3.8) is 0 Å². The number of ether oxygens (including phenoxy) is 2. The van der Waals surface area contributed by atoms with Crippen LogP contribution in [0.4, 0.5) is 0 Å². The van der Waals surface area contributed by atoms with Crippen molar-refractivity contribution in [2.45, 2.75) is 63.9 Å². The summed E-state index contributed by atoms with van der Waals surface area (Å²) in [6, 6.07) is 2.06. The molecule has 5 aliphatic rings. The lowest BCUT2D eigenvalue weighted by Crippen LogP contribution is -2.50. The summed E-state index contributed by atoms with van der Waals surface area (Å²) in [6.45, 7) is 1.52. The van der Waals surface area contributed by atoms with Gasteiger partial charge in [0.25, 0.3) is 0 Å². The standard InChI is InChI=1S/C22H31N3O3/c1-27-21-23-5-4-19(24-21)28-18-3-2-6-25(14-18)20(26)13-22-10-15-7-16(11-22)9-17(8-15)12-22/h4-5,15-18H,2-3,6-14H2,1H3. The third-order valence-electron chi connectivity index (χ3n) is 7.50. The van der Waals surface area contributed by atoms with Gasteiger partial charge in [0.15, 0.2) is 0 Å². The second-order valence-corrected chi connectivity index (χ2v) is 9.70. The molecule has 0 radical (unpaired) electrons. The topological polar surface area (TPSA) is 64.6 Å². The fraction of sp³-hybridized carbons (Fsp3) is 0.773. The number of hydrogen-bond donors (Lipinski definition) is 0. The van der Waals surface area contributed by atoms with Crippen LogP contribution in [0.5, 0.6) is 11.9 Å². The molecule has 4 saturated carbocycles. The zero-order valence-electron chi connectivity index (χ0n) is 16.8. The van der Waals surface area contributed by atoms with E-state index in [9.17, 15) is 4.79 Å². The molecular formula is C22H31N3O3. The van der Waals surface area contributed by atoms with Gasteiger partial charge in [0.1, 0.15) is 6.10 Å². The van der Waals surface area contributed by atoms with E-state index in [-0.39, 0.29) is 6.10 Å². The Balaban J connectivity index is 1.21. The molecule has 4 bridgehead atoms. The fourth-order valence-electron chi connectivity index (χ4n) is 6.86. The highest BCUT2D eigenvalue weighted by molar-refractivity contribution is 5.77. The lowest BCUT2D eigenvalue weighted by atomic mass is 9.49. The van der Waals surface area contributed by atoms with Crippen LogP contribution in [-0.4, -0.2) is 47.1 Å². The Morgan fingerprint density at radius 3 is 2.61 bits per heavy atom. The number of methoxy groups -OCH3 is 1. The Bertz CT molecular complexity index is 702. The Morgan fingerprint density at radius 2 is 1.93 bits per heavy atom. The van der Waals surface area contributed by atoms with Gasteiger partial charge >= 0.3 is 6.01 Å². The quantitative estimate of drug-likeness (QED) is 0.777. The molecule has 152 valence electrons. The van der Waals surface area contributed by atoms with Crippen LogP contribution < -0.4 is 9.47 Å². The normalized spacial score (nSPS) is 36.4. The van der Waals surface area contributed by atoms with Crippen LogP contribution in [0.15, 0.2) is 12.3 Å². The van der Waals surface area contributed by atoms with E-state index in [1.165, 1.54) is 38.5 Å². The molecule has 1 amide bonds. The predicted octanol–water partition coefficient (Wildman–Crippen LogP) is 3.46. The number of hydrogen-bond acceptors (Lipinski definition) is 5. The van der Waals surface area contributed by atoms with E-state index >= 15 is 0 Å². The number of amides is 1. The number of likely N-dealkylation sites (tertiary alicyclic amines) is 1. The van der Waals surface area contributed by atoms with E-state index in [0.717, 1.165) is 43.6 Å². The van der Waals surface area contributed by atoms with E-state index in [4.69, 9.17) is 9.47 Å². The summed E-state index contributed by atoms with van der Waals surface area (Å²) < 4.78 is 11.1. The highest BCUT2D eigenvalue weighted by Crippen LogP contribution is 2.61. The van der Waals surface area contributed by atoms with Gasteiger partial charge in [-0.1, -0.05) is 0 Å². The van der Waals surface area contributed by atoms with Crippen LogP contribution in [0, 0.1) is 23.2 Å². The summed E-state index contributed by atoms with van der Waals surface area (Å²) in [4.78, 5) is 23.5. The summed E-state index contributed by atoms with van der Waals surface area (Å²) in [7, 11) is 1.55. The lowest BCUT2D eigenvalue weighted by Gasteiger charge is -2.57. The van der Waals surface area contributed by atoms with Gasteiger partial charge in [0.2, 0.25) is 11.8 Å². The van der Waals surface area contributed by atoms with Gasteiger partial charge in [-0.2, -0.15) is 4.98 Å². The van der Waals surface area contributed by atoms with Crippen molar-refractivity contribution in [2.75, 3.05) is 20.2 Å². The molecule has 1 atom stereocenters. The molecule has 1 aromatic rings. The fourth-order valence-corrected chi connectivity index (χ4v) is 6.86. The third kappa shape index (κ3) is 3.58. The molecule has 0 N–H and O–H groups in total. The molecular weight excluding hydrogens is 354 g/mol. The zero-order valence-corrected chi connectivity index (χ0v) is 16.8. The van der Waals surface area contributed by atoms with Crippen molar-refractivity contribution in [3.8, 4) is 11.9 Å². The van der Waals surface area contributed by atoms with Crippen LogP contribution in [0.2, 0.25) is 0 Å². The lowest BCUT2D eigenvalue weighted by molar-refractivity contribution is -0.142. The highest BCUT2D eigenvalue weighted by atomic mass is 16.5. The summed E-state index contributed by atoms with van der Waals surface area (Å²) in [5, 5.41) is 0. The first-order valence-electron chi connectivity index (χ1n) is 10.9. The number of aromatic nitrogens is 2. The van der Waals surface area contributed by atoms with Crippen molar-refractivity contribution in [2.24, 2.45) is 23.2 Å². The Hall–Kier alpha value is -1.85. The molecule has 0 spiro atoms. The van der Waals surface area contributed by atoms with Crippen LogP contribution in [0.1, 0.15) is 57.8 Å². The Kier molecular flexibility index (Phi) is 4.68. The van der Waals surface area contributed by atoms with Crippen molar-refractivity contribution >= 4 is 5.91 Å². The number of nitrogens with zero attached hydrogens (tertiary/aromatic N) is 3. The molecule has 1 aliphatic heterocycles. The molecule has 0 aromatic carbocycles. The van der Waals surface area contributed by atoms with E-state index in [0.29, 0.717) is 29.8 Å². The number of piperidine rings is 1. The van der Waals surface area contributed by atoms with Gasteiger partial charge in [-0.05, 0) is 74.5 Å². The van der Waals surface area contributed by atoms with Crippen molar-refractivity contribution in [1.29, 1.82) is 0 Å². The average Bonchev–Trinajstić information content (AvgIpc) is 2.67. The van der Waals surface area contributed by atoms with E-state index in [2.05, 4.69) is 9.97 Å². The molecule has 5 fully saturated rings. The second kappa shape index (κ2) is 7.20. The van der Waals surface area contributed by atoms with Crippen molar-refractivity contribution in [3.05, 3.63) is 12.3 Å². The smallest absolute Gasteiger partial charge is 0.319 e. The van der Waals surface area contributed by atoms with Gasteiger partial charge in [0.05, 0.1) is 13.7 Å². The van der Waals surface area contributed by atoms with Crippen molar-refractivity contribution in [1.82, 2.24) is 14.9 Å². The molecule has 6 heteroatoms. The zero-order chi connectivity index (χ0) is 19.1. The summed E-state index contributed by atoms with van der Waals surface area (Å²) in [5.41, 5.74) is 0.305. The molecule has 2 heterocycles. The van der Waals surface area contributed by atoms with Crippen LogP contribution in [-0.2, 0) is 4.79 Å². The Morgan fingerprint density at radius 1 is 1.21 bits per heavy atom. The van der Waals surface area contributed by atoms with Crippen LogP contribution in [0.25, 0.3) is 0 Å². The molecule has 28 heavy (non-hydrogen) atoms. The van der Waals surface area contributed by atoms with Crippen LogP contribution in [0.3, 0.4) is 0 Å². The minimum Gasteiger partial charge on any atom is -0.472 e. The van der Waals surface area contributed by atoms with Gasteiger partial charge in [0, 0.05) is 25.2 Å². The van der Waals surface area contributed by atoms with Gasteiger partial charge in [-0.25, -0.2) is 4.98 Å². The first-order chi connectivity index (χ1) is 13.6. The van der Waals surface area contributed by atoms with Gasteiger partial charge in [-0.3, -0.25) is 4.79 Å². The maximum atomic E-state index is 13.2. The minimum atomic E-state index is -0.00586. The Labute approximate surface area is 167 Å².